The maximum absolute atomic E-state index is 13.2. The van der Waals surface area contributed by atoms with Gasteiger partial charge in [0.2, 0.25) is 5.91 Å². The van der Waals surface area contributed by atoms with Gasteiger partial charge in [-0.25, -0.2) is 8.78 Å². The fourth-order valence-electron chi connectivity index (χ4n) is 3.03. The van der Waals surface area contributed by atoms with Gasteiger partial charge in [-0.2, -0.15) is 0 Å². The molecule has 3 aromatic rings. The Labute approximate surface area is 141 Å². The summed E-state index contributed by atoms with van der Waals surface area (Å²) in [6.45, 7) is 0. The quantitative estimate of drug-likeness (QED) is 0.685. The summed E-state index contributed by atoms with van der Waals surface area (Å²) in [6.07, 6.45) is 0.335. The summed E-state index contributed by atoms with van der Waals surface area (Å²) >= 11 is 1.56. The first-order valence-corrected chi connectivity index (χ1v) is 8.42. The van der Waals surface area contributed by atoms with E-state index in [4.69, 9.17) is 0 Å². The first-order valence-electron chi connectivity index (χ1n) is 7.54. The summed E-state index contributed by atoms with van der Waals surface area (Å²) in [4.78, 5) is 13.2. The van der Waals surface area contributed by atoms with Crippen molar-refractivity contribution in [2.75, 3.05) is 5.32 Å². The third-order valence-electron chi connectivity index (χ3n) is 4.22. The predicted molar refractivity (Wildman–Crippen MR) is 91.2 cm³/mol. The van der Waals surface area contributed by atoms with E-state index in [2.05, 4.69) is 5.32 Å². The molecule has 0 saturated heterocycles. The van der Waals surface area contributed by atoms with Gasteiger partial charge in [-0.15, -0.1) is 11.3 Å². The normalized spacial score (nSPS) is 16.6. The minimum Gasteiger partial charge on any atom is -0.325 e. The lowest BCUT2D eigenvalue weighted by Gasteiger charge is -2.24. The van der Waals surface area contributed by atoms with E-state index in [0.29, 0.717) is 6.42 Å². The number of carbonyl (C=O) groups is 1. The lowest BCUT2D eigenvalue weighted by molar-refractivity contribution is -0.116. The minimum atomic E-state index is -0.295. The standard InChI is InChI=1S/C19H13F2NOS/c20-13-5-1-11(2-6-13)15-9-17(23)22-18-16(10-24-19(15)18)12-3-7-14(21)8-4-12/h1-8,10,15H,9H2,(H,22,23)/t15-/m0/s1. The molecule has 24 heavy (non-hydrogen) atoms. The molecular formula is C19H13F2NOS. The van der Waals surface area contributed by atoms with Crippen LogP contribution in [0.1, 0.15) is 22.8 Å². The molecule has 2 aromatic carbocycles. The Bertz CT molecular complexity index is 900. The zero-order chi connectivity index (χ0) is 16.7. The number of carbonyl (C=O) groups excluding carboxylic acids is 1. The van der Waals surface area contributed by atoms with Gasteiger partial charge in [0.15, 0.2) is 0 Å². The Kier molecular flexibility index (Phi) is 3.65. The highest BCUT2D eigenvalue weighted by atomic mass is 32.1. The summed E-state index contributed by atoms with van der Waals surface area (Å²) in [5.74, 6) is -0.749. The van der Waals surface area contributed by atoms with Gasteiger partial charge in [0.1, 0.15) is 11.6 Å². The van der Waals surface area contributed by atoms with Gasteiger partial charge in [-0.3, -0.25) is 4.79 Å². The number of fused-ring (bicyclic) bond motifs is 1. The zero-order valence-electron chi connectivity index (χ0n) is 12.6. The van der Waals surface area contributed by atoms with Crippen molar-refractivity contribution in [2.45, 2.75) is 12.3 Å². The molecule has 0 unspecified atom stereocenters. The third kappa shape index (κ3) is 2.61. The van der Waals surface area contributed by atoms with Crippen LogP contribution in [0.15, 0.2) is 53.9 Å². The molecule has 120 valence electrons. The van der Waals surface area contributed by atoms with Gasteiger partial charge in [0.05, 0.1) is 5.69 Å². The lowest BCUT2D eigenvalue weighted by Crippen LogP contribution is -2.22. The number of thiophene rings is 1. The summed E-state index contributed by atoms with van der Waals surface area (Å²) in [6, 6.07) is 12.5. The van der Waals surface area contributed by atoms with Crippen LogP contribution < -0.4 is 5.32 Å². The Morgan fingerprint density at radius 3 is 2.25 bits per heavy atom. The second-order valence-electron chi connectivity index (χ2n) is 5.75. The third-order valence-corrected chi connectivity index (χ3v) is 5.31. The van der Waals surface area contributed by atoms with Crippen LogP contribution in [0.4, 0.5) is 14.5 Å². The monoisotopic (exact) mass is 341 g/mol. The Hall–Kier alpha value is -2.53. The Morgan fingerprint density at radius 2 is 1.58 bits per heavy atom. The molecule has 0 radical (unpaired) electrons. The van der Waals surface area contributed by atoms with Gasteiger partial charge in [-0.05, 0) is 35.4 Å². The van der Waals surface area contributed by atoms with Gasteiger partial charge in [0, 0.05) is 28.2 Å². The first kappa shape index (κ1) is 15.0. The van der Waals surface area contributed by atoms with E-state index in [9.17, 15) is 13.6 Å². The van der Waals surface area contributed by atoms with Crippen molar-refractivity contribution >= 4 is 22.9 Å². The molecule has 2 heterocycles. The van der Waals surface area contributed by atoms with Crippen molar-refractivity contribution in [3.63, 3.8) is 0 Å². The number of nitrogens with one attached hydrogen (secondary N) is 1. The number of hydrogen-bond donors (Lipinski definition) is 1. The molecule has 1 aromatic heterocycles. The molecule has 0 bridgehead atoms. The van der Waals surface area contributed by atoms with Crippen molar-refractivity contribution in [2.24, 2.45) is 0 Å². The smallest absolute Gasteiger partial charge is 0.225 e. The molecule has 0 saturated carbocycles. The topological polar surface area (TPSA) is 29.1 Å². The largest absolute Gasteiger partial charge is 0.325 e. The molecule has 5 heteroatoms. The zero-order valence-corrected chi connectivity index (χ0v) is 13.4. The van der Waals surface area contributed by atoms with Crippen molar-refractivity contribution in [1.82, 2.24) is 0 Å². The molecule has 0 fully saturated rings. The number of hydrogen-bond acceptors (Lipinski definition) is 2. The average Bonchev–Trinajstić information content (AvgIpc) is 2.99. The molecular weight excluding hydrogens is 328 g/mol. The van der Waals surface area contributed by atoms with E-state index in [1.807, 2.05) is 5.38 Å². The van der Waals surface area contributed by atoms with Crippen LogP contribution >= 0.6 is 11.3 Å². The van der Waals surface area contributed by atoms with E-state index in [-0.39, 0.29) is 23.5 Å². The highest BCUT2D eigenvalue weighted by molar-refractivity contribution is 7.11. The van der Waals surface area contributed by atoms with Gasteiger partial charge >= 0.3 is 0 Å². The second kappa shape index (κ2) is 5.83. The Morgan fingerprint density at radius 1 is 0.958 bits per heavy atom. The van der Waals surface area contributed by atoms with E-state index >= 15 is 0 Å². The van der Waals surface area contributed by atoms with Crippen molar-refractivity contribution in [3.8, 4) is 11.1 Å². The molecule has 1 amide bonds. The minimum absolute atomic E-state index is 0.0708. The van der Waals surface area contributed by atoms with Crippen LogP contribution in [-0.4, -0.2) is 5.91 Å². The lowest BCUT2D eigenvalue weighted by atomic mass is 9.89. The summed E-state index contributed by atoms with van der Waals surface area (Å²) in [7, 11) is 0. The molecule has 1 aliphatic heterocycles. The Balaban J connectivity index is 1.80. The van der Waals surface area contributed by atoms with E-state index in [1.54, 1.807) is 35.6 Å². The maximum atomic E-state index is 13.2. The predicted octanol–water partition coefficient (Wildman–Crippen LogP) is 5.17. The van der Waals surface area contributed by atoms with Crippen LogP contribution in [-0.2, 0) is 4.79 Å². The van der Waals surface area contributed by atoms with Crippen LogP contribution in [0, 0.1) is 11.6 Å². The number of halogens is 2. The number of rotatable bonds is 2. The number of anilines is 1. The van der Waals surface area contributed by atoms with Crippen LogP contribution in [0.3, 0.4) is 0 Å². The SMILES string of the molecule is O=C1C[C@@H](c2ccc(F)cc2)c2scc(-c3ccc(F)cc3)c2N1. The average molecular weight is 341 g/mol. The number of benzene rings is 2. The number of amides is 1. The van der Waals surface area contributed by atoms with E-state index in [1.165, 1.54) is 24.3 Å². The van der Waals surface area contributed by atoms with Crippen molar-refractivity contribution in [3.05, 3.63) is 76.0 Å². The van der Waals surface area contributed by atoms with Crippen LogP contribution in [0.5, 0.6) is 0 Å². The second-order valence-corrected chi connectivity index (χ2v) is 6.66. The fraction of sp³-hybridized carbons (Fsp3) is 0.105. The summed E-state index contributed by atoms with van der Waals surface area (Å²) in [5.41, 5.74) is 3.43. The van der Waals surface area contributed by atoms with Crippen LogP contribution in [0.2, 0.25) is 0 Å². The molecule has 1 atom stereocenters. The highest BCUT2D eigenvalue weighted by Gasteiger charge is 2.30. The van der Waals surface area contributed by atoms with Crippen molar-refractivity contribution in [1.29, 1.82) is 0 Å². The molecule has 4 rings (SSSR count). The molecule has 1 aliphatic rings. The van der Waals surface area contributed by atoms with Crippen LogP contribution in [0.25, 0.3) is 11.1 Å². The first-order chi connectivity index (χ1) is 11.6. The van der Waals surface area contributed by atoms with Gasteiger partial charge in [-0.1, -0.05) is 24.3 Å². The van der Waals surface area contributed by atoms with E-state index < -0.39 is 0 Å². The highest BCUT2D eigenvalue weighted by Crippen LogP contribution is 2.46. The van der Waals surface area contributed by atoms with Gasteiger partial charge < -0.3 is 5.32 Å². The maximum Gasteiger partial charge on any atom is 0.225 e. The molecule has 0 spiro atoms. The summed E-state index contributed by atoms with van der Waals surface area (Å²) in [5, 5.41) is 4.91. The summed E-state index contributed by atoms with van der Waals surface area (Å²) < 4.78 is 26.3. The molecule has 0 aliphatic carbocycles. The fourth-order valence-corrected chi connectivity index (χ4v) is 4.19. The van der Waals surface area contributed by atoms with Gasteiger partial charge in [0.25, 0.3) is 0 Å². The van der Waals surface area contributed by atoms with Crippen molar-refractivity contribution < 1.29 is 13.6 Å². The van der Waals surface area contributed by atoms with E-state index in [0.717, 1.165) is 27.3 Å². The molecule has 1 N–H and O–H groups in total. The molecule has 2 nitrogen and oxygen atoms in total.